The molecule has 1 aliphatic rings. The Morgan fingerprint density at radius 1 is 1.44 bits per heavy atom. The quantitative estimate of drug-likeness (QED) is 0.737. The first-order chi connectivity index (χ1) is 7.53. The van der Waals surface area contributed by atoms with Gasteiger partial charge in [0.25, 0.3) is 0 Å². The van der Waals surface area contributed by atoms with E-state index in [0.29, 0.717) is 0 Å². The van der Waals surface area contributed by atoms with Gasteiger partial charge in [-0.2, -0.15) is 0 Å². The normalized spacial score (nSPS) is 20.0. The Kier molecular flexibility index (Phi) is 3.64. The van der Waals surface area contributed by atoms with Gasteiger partial charge in [0.2, 0.25) is 0 Å². The molecule has 84 valence electrons. The van der Waals surface area contributed by atoms with Gasteiger partial charge in [-0.15, -0.1) is 0 Å². The van der Waals surface area contributed by atoms with E-state index in [4.69, 9.17) is 0 Å². The maximum absolute atomic E-state index is 13.6. The zero-order valence-corrected chi connectivity index (χ0v) is 13.6. The van der Waals surface area contributed by atoms with Crippen molar-refractivity contribution in [1.29, 1.82) is 0 Å². The fourth-order valence-electron chi connectivity index (χ4n) is 2.30. The van der Waals surface area contributed by atoms with Gasteiger partial charge < -0.3 is 0 Å². The molecule has 1 unspecified atom stereocenters. The topological polar surface area (TPSA) is 0 Å². The van der Waals surface area contributed by atoms with Gasteiger partial charge in [0, 0.05) is 0 Å². The minimum absolute atomic E-state index is 0.0351. The molecule has 2 rings (SSSR count). The average Bonchev–Trinajstić information content (AvgIpc) is 2.89. The van der Waals surface area contributed by atoms with Crippen molar-refractivity contribution in [3.63, 3.8) is 0 Å². The van der Waals surface area contributed by atoms with E-state index >= 15 is 0 Å². The first-order valence-electron chi connectivity index (χ1n) is 5.60. The molecule has 1 aliphatic carbocycles. The molecule has 1 heterocycles. The van der Waals surface area contributed by atoms with E-state index in [1.165, 1.54) is 6.48 Å². The molecule has 0 spiro atoms. The fourth-order valence-corrected chi connectivity index (χ4v) is 14.0. The van der Waals surface area contributed by atoms with Gasteiger partial charge in [0.05, 0.1) is 0 Å². The summed E-state index contributed by atoms with van der Waals surface area (Å²) < 4.78 is 16.5. The molecular formula is C12H16BFSSn. The van der Waals surface area contributed by atoms with Gasteiger partial charge in [-0.1, -0.05) is 0 Å². The Balaban J connectivity index is 2.32. The van der Waals surface area contributed by atoms with Crippen LogP contribution in [0.3, 0.4) is 0 Å². The van der Waals surface area contributed by atoms with E-state index in [9.17, 15) is 4.32 Å². The van der Waals surface area contributed by atoms with Gasteiger partial charge >= 0.3 is 106 Å². The van der Waals surface area contributed by atoms with Gasteiger partial charge in [-0.25, -0.2) is 0 Å². The van der Waals surface area contributed by atoms with Crippen molar-refractivity contribution < 1.29 is 4.32 Å². The molecule has 0 saturated carbocycles. The van der Waals surface area contributed by atoms with Crippen LogP contribution < -0.4 is 2.89 Å². The van der Waals surface area contributed by atoms with Gasteiger partial charge in [0.15, 0.2) is 0 Å². The predicted molar refractivity (Wildman–Crippen MR) is 75.1 cm³/mol. The molecule has 0 nitrogen and oxygen atoms in total. The number of halogens is 1. The maximum atomic E-state index is 13.6. The monoisotopic (exact) mass is 342 g/mol. The standard InChI is InChI=1S/C6H7BF.C4H3S.2CH3.Sn/c1-7(8)6-4-2-3-5-6;1-2-4-5-3-1;;;/h2-4,6H,1H3;1-3H;2*1H3;. The average molecular weight is 341 g/mol. The number of allylic oxidation sites excluding steroid dienone is 4. The van der Waals surface area contributed by atoms with Crippen LogP contribution in [0.2, 0.25) is 22.5 Å². The first-order valence-corrected chi connectivity index (χ1v) is 15.0. The van der Waals surface area contributed by atoms with Crippen molar-refractivity contribution in [2.24, 2.45) is 0 Å². The summed E-state index contributed by atoms with van der Waals surface area (Å²) in [4.78, 5) is 4.77. The molecule has 1 aromatic rings. The van der Waals surface area contributed by atoms with E-state index in [1.54, 1.807) is 6.82 Å². The van der Waals surface area contributed by atoms with E-state index in [-0.39, 0.29) is 5.82 Å². The first kappa shape index (κ1) is 12.4. The van der Waals surface area contributed by atoms with Crippen LogP contribution in [0.15, 0.2) is 39.3 Å². The number of hydrogen-bond acceptors (Lipinski definition) is 1. The summed E-state index contributed by atoms with van der Waals surface area (Å²) in [6.45, 7) is 0.908. The molecule has 0 aromatic carbocycles. The van der Waals surface area contributed by atoms with Crippen molar-refractivity contribution in [3.8, 4) is 0 Å². The molecule has 16 heavy (non-hydrogen) atoms. The van der Waals surface area contributed by atoms with E-state index in [1.807, 2.05) is 23.5 Å². The molecule has 0 N–H and O–H groups in total. The van der Waals surface area contributed by atoms with Crippen molar-refractivity contribution >= 4 is 39.6 Å². The number of thiophene rings is 1. The van der Waals surface area contributed by atoms with Crippen LogP contribution in [-0.2, 0) is 0 Å². The third-order valence-electron chi connectivity index (χ3n) is 3.31. The predicted octanol–water partition coefficient (Wildman–Crippen LogP) is 3.66. The number of hydrogen-bond donors (Lipinski definition) is 0. The molecule has 1 aromatic heterocycles. The molecule has 0 fully saturated rings. The van der Waals surface area contributed by atoms with Crippen LogP contribution in [0, 0.1) is 0 Å². The Labute approximate surface area is 105 Å². The van der Waals surface area contributed by atoms with Crippen molar-refractivity contribution in [2.75, 3.05) is 0 Å². The SMILES string of the molecule is CB(F)C1C=CC=[C]1[Sn]([CH3])([CH3])[c]1cccs1. The van der Waals surface area contributed by atoms with Gasteiger partial charge in [-0.3, -0.25) is 0 Å². The third kappa shape index (κ3) is 2.16. The van der Waals surface area contributed by atoms with E-state index in [2.05, 4.69) is 33.5 Å². The molecule has 1 atom stereocenters. The molecule has 4 heteroatoms. The van der Waals surface area contributed by atoms with Crippen LogP contribution in [0.4, 0.5) is 4.32 Å². The Hall–Kier alpha value is -0.0264. The zero-order valence-electron chi connectivity index (χ0n) is 9.91. The van der Waals surface area contributed by atoms with Crippen LogP contribution >= 0.6 is 11.3 Å². The summed E-state index contributed by atoms with van der Waals surface area (Å²) in [5.41, 5.74) is 0. The molecule has 0 aliphatic heterocycles. The zero-order chi connectivity index (χ0) is 11.8. The summed E-state index contributed by atoms with van der Waals surface area (Å²) in [6.07, 6.45) is 6.21. The van der Waals surface area contributed by atoms with Crippen LogP contribution in [0.25, 0.3) is 0 Å². The van der Waals surface area contributed by atoms with Crippen LogP contribution in [0.5, 0.6) is 0 Å². The van der Waals surface area contributed by atoms with Gasteiger partial charge in [-0.05, 0) is 0 Å². The van der Waals surface area contributed by atoms with Crippen molar-refractivity contribution in [1.82, 2.24) is 0 Å². The molecule has 0 saturated heterocycles. The third-order valence-corrected chi connectivity index (χ3v) is 18.0. The second kappa shape index (κ2) is 4.69. The summed E-state index contributed by atoms with van der Waals surface area (Å²) in [6, 6.07) is 4.33. The second-order valence-corrected chi connectivity index (χ2v) is 19.3. The number of rotatable bonds is 3. The molecule has 0 bridgehead atoms. The minimum atomic E-state index is -2.45. The summed E-state index contributed by atoms with van der Waals surface area (Å²) in [5.74, 6) is 0.0351. The van der Waals surface area contributed by atoms with E-state index < -0.39 is 25.4 Å². The Morgan fingerprint density at radius 2 is 2.19 bits per heavy atom. The molecule has 0 radical (unpaired) electrons. The summed E-state index contributed by atoms with van der Waals surface area (Å²) in [5, 5.41) is 2.13. The molecular weight excluding hydrogens is 325 g/mol. The Bertz CT molecular complexity index is 420. The van der Waals surface area contributed by atoms with Crippen LogP contribution in [-0.4, -0.2) is 25.4 Å². The van der Waals surface area contributed by atoms with Crippen molar-refractivity contribution in [2.45, 2.75) is 22.5 Å². The van der Waals surface area contributed by atoms with Crippen LogP contribution in [0.1, 0.15) is 0 Å². The Morgan fingerprint density at radius 3 is 2.75 bits per heavy atom. The fraction of sp³-hybridized carbons (Fsp3) is 0.333. The van der Waals surface area contributed by atoms with E-state index in [0.717, 1.165) is 0 Å². The molecule has 0 amide bonds. The van der Waals surface area contributed by atoms with Crippen molar-refractivity contribution in [3.05, 3.63) is 39.3 Å². The summed E-state index contributed by atoms with van der Waals surface area (Å²) in [7, 11) is 0. The van der Waals surface area contributed by atoms with Gasteiger partial charge in [0.1, 0.15) is 0 Å². The second-order valence-electron chi connectivity index (χ2n) is 4.81. The summed E-state index contributed by atoms with van der Waals surface area (Å²) >= 11 is -0.617.